The average Bonchev–Trinajstić information content (AvgIpc) is 3.20. The van der Waals surface area contributed by atoms with E-state index >= 15 is 0 Å². The number of carbonyl (C=O) groups is 1. The molecule has 0 aliphatic heterocycles. The van der Waals surface area contributed by atoms with E-state index in [2.05, 4.69) is 10.6 Å². The molecule has 38 heavy (non-hydrogen) atoms. The van der Waals surface area contributed by atoms with Crippen molar-refractivity contribution in [3.05, 3.63) is 68.8 Å². The van der Waals surface area contributed by atoms with Crippen LogP contribution in [0.1, 0.15) is 49.8 Å². The molecule has 4 aliphatic carbocycles. The minimum Gasteiger partial charge on any atom is -0.338 e. The van der Waals surface area contributed by atoms with Gasteiger partial charge in [0.1, 0.15) is 0 Å². The van der Waals surface area contributed by atoms with Crippen LogP contribution in [-0.4, -0.2) is 22.4 Å². The molecule has 2 amide bonds. The highest BCUT2D eigenvalue weighted by atomic mass is 35.5. The van der Waals surface area contributed by atoms with Crippen molar-refractivity contribution in [2.24, 2.45) is 29.6 Å². The number of amides is 2. The van der Waals surface area contributed by atoms with Gasteiger partial charge in [0.25, 0.3) is 0 Å². The fraction of sp³-hybridized carbons (Fsp3) is 0.467. The minimum atomic E-state index is -0.152. The zero-order chi connectivity index (χ0) is 26.4. The van der Waals surface area contributed by atoms with Gasteiger partial charge in [-0.05, 0) is 105 Å². The largest absolute Gasteiger partial charge is 0.338 e. The molecule has 0 radical (unpaired) electrons. The van der Waals surface area contributed by atoms with Crippen LogP contribution in [-0.2, 0) is 6.54 Å². The summed E-state index contributed by atoms with van der Waals surface area (Å²) in [6.45, 7) is 3.05. The molecule has 4 fully saturated rings. The van der Waals surface area contributed by atoms with Gasteiger partial charge in [0.05, 0.1) is 28.6 Å². The molecule has 2 N–H and O–H groups in total. The third kappa shape index (κ3) is 5.17. The van der Waals surface area contributed by atoms with Crippen molar-refractivity contribution >= 4 is 40.8 Å². The van der Waals surface area contributed by atoms with Gasteiger partial charge in [0, 0.05) is 27.7 Å². The molecule has 0 spiro atoms. The number of nitrogens with one attached hydrogen (secondary N) is 2. The molecule has 1 aromatic heterocycles. The van der Waals surface area contributed by atoms with E-state index in [-0.39, 0.29) is 6.03 Å². The number of urea groups is 1. The lowest BCUT2D eigenvalue weighted by Crippen LogP contribution is -2.46. The Kier molecular flexibility index (Phi) is 7.36. The summed E-state index contributed by atoms with van der Waals surface area (Å²) >= 11 is 18.8. The van der Waals surface area contributed by atoms with E-state index in [1.54, 1.807) is 12.1 Å². The molecule has 2 aromatic carbocycles. The van der Waals surface area contributed by atoms with Crippen LogP contribution in [0.3, 0.4) is 0 Å². The molecule has 0 atom stereocenters. The Morgan fingerprint density at radius 1 is 0.921 bits per heavy atom. The van der Waals surface area contributed by atoms with Crippen molar-refractivity contribution in [3.8, 4) is 16.9 Å². The smallest absolute Gasteiger partial charge is 0.315 e. The van der Waals surface area contributed by atoms with Crippen LogP contribution in [0.4, 0.5) is 4.79 Å². The van der Waals surface area contributed by atoms with Crippen molar-refractivity contribution < 1.29 is 4.79 Å². The molecule has 4 bridgehead atoms. The lowest BCUT2D eigenvalue weighted by molar-refractivity contribution is -0.0390. The molecular weight excluding hydrogens is 539 g/mol. The second-order valence-corrected chi connectivity index (χ2v) is 12.7. The molecule has 3 aromatic rings. The standard InChI is InChI=1S/C30H33Cl3N4O/c1-17-27(16-35-30(38)34-9-8-25-21-11-18-10-19(13-21)14-22(25)12-18)36-37(28-7-6-24(32)15-26(28)33)29(17)20-2-4-23(31)5-3-20/h2-7,15,18-19,21-22,25H,8-14,16H2,1H3,(H2,34,35,38). The number of hydrogen-bond acceptors (Lipinski definition) is 2. The second kappa shape index (κ2) is 10.7. The summed E-state index contributed by atoms with van der Waals surface area (Å²) in [5.41, 5.74) is 4.31. The predicted molar refractivity (Wildman–Crippen MR) is 154 cm³/mol. The van der Waals surface area contributed by atoms with Crippen LogP contribution in [0.15, 0.2) is 42.5 Å². The van der Waals surface area contributed by atoms with Crippen molar-refractivity contribution in [2.75, 3.05) is 6.54 Å². The maximum atomic E-state index is 12.7. The highest BCUT2D eigenvalue weighted by Crippen LogP contribution is 2.57. The number of hydrogen-bond donors (Lipinski definition) is 2. The summed E-state index contributed by atoms with van der Waals surface area (Å²) in [5, 5.41) is 12.7. The number of benzene rings is 2. The molecule has 4 saturated carbocycles. The number of rotatable bonds is 7. The van der Waals surface area contributed by atoms with Gasteiger partial charge < -0.3 is 10.6 Å². The molecule has 4 aliphatic rings. The Bertz CT molecular complexity index is 1310. The summed E-state index contributed by atoms with van der Waals surface area (Å²) in [6, 6.07) is 12.8. The Balaban J connectivity index is 1.13. The van der Waals surface area contributed by atoms with Crippen molar-refractivity contribution in [1.29, 1.82) is 0 Å². The maximum Gasteiger partial charge on any atom is 0.315 e. The van der Waals surface area contributed by atoms with Crippen LogP contribution in [0.5, 0.6) is 0 Å². The monoisotopic (exact) mass is 570 g/mol. The predicted octanol–water partition coefficient (Wildman–Crippen LogP) is 8.07. The highest BCUT2D eigenvalue weighted by Gasteiger charge is 2.47. The highest BCUT2D eigenvalue weighted by molar-refractivity contribution is 6.35. The van der Waals surface area contributed by atoms with Gasteiger partial charge in [-0.15, -0.1) is 0 Å². The second-order valence-electron chi connectivity index (χ2n) is 11.4. The van der Waals surface area contributed by atoms with Gasteiger partial charge >= 0.3 is 6.03 Å². The van der Waals surface area contributed by atoms with E-state index in [1.807, 2.05) is 41.9 Å². The van der Waals surface area contributed by atoms with E-state index < -0.39 is 0 Å². The summed E-state index contributed by atoms with van der Waals surface area (Å²) in [7, 11) is 0. The van der Waals surface area contributed by atoms with Crippen LogP contribution < -0.4 is 10.6 Å². The normalized spacial score (nSPS) is 25.5. The first-order valence-corrected chi connectivity index (χ1v) is 14.8. The van der Waals surface area contributed by atoms with Crippen LogP contribution in [0.2, 0.25) is 15.1 Å². The third-order valence-corrected chi connectivity index (χ3v) is 9.87. The van der Waals surface area contributed by atoms with Gasteiger partial charge in [-0.1, -0.05) is 46.9 Å². The van der Waals surface area contributed by atoms with Gasteiger partial charge in [-0.2, -0.15) is 5.10 Å². The van der Waals surface area contributed by atoms with Crippen LogP contribution in [0.25, 0.3) is 16.9 Å². The molecule has 0 saturated heterocycles. The summed E-state index contributed by atoms with van der Waals surface area (Å²) in [6.07, 6.45) is 8.22. The van der Waals surface area contributed by atoms with Crippen molar-refractivity contribution in [3.63, 3.8) is 0 Å². The van der Waals surface area contributed by atoms with E-state index in [0.717, 1.165) is 70.8 Å². The summed E-state index contributed by atoms with van der Waals surface area (Å²) in [5.74, 6) is 4.51. The quantitative estimate of drug-likeness (QED) is 0.301. The molecule has 1 heterocycles. The molecular formula is C30H33Cl3N4O. The molecule has 8 heteroatoms. The van der Waals surface area contributed by atoms with Gasteiger partial charge in [0.2, 0.25) is 0 Å². The Hall–Kier alpha value is -2.21. The number of halogens is 3. The van der Waals surface area contributed by atoms with Crippen molar-refractivity contribution in [1.82, 2.24) is 20.4 Å². The minimum absolute atomic E-state index is 0.152. The Morgan fingerprint density at radius 2 is 1.58 bits per heavy atom. The lowest BCUT2D eigenvalue weighted by Gasteiger charge is -2.54. The van der Waals surface area contributed by atoms with Gasteiger partial charge in [-0.25, -0.2) is 9.48 Å². The van der Waals surface area contributed by atoms with Crippen LogP contribution >= 0.6 is 34.8 Å². The first-order chi connectivity index (χ1) is 18.4. The molecule has 5 nitrogen and oxygen atoms in total. The summed E-state index contributed by atoms with van der Waals surface area (Å²) in [4.78, 5) is 12.7. The first-order valence-electron chi connectivity index (χ1n) is 13.7. The van der Waals surface area contributed by atoms with E-state index in [1.165, 1.54) is 32.1 Å². The molecule has 7 rings (SSSR count). The van der Waals surface area contributed by atoms with Gasteiger partial charge in [0.15, 0.2) is 0 Å². The van der Waals surface area contributed by atoms with Crippen LogP contribution in [0, 0.1) is 36.5 Å². The SMILES string of the molecule is Cc1c(CNC(=O)NCCC2C3CC4CC(C3)CC2C4)nn(-c2ccc(Cl)cc2Cl)c1-c1ccc(Cl)cc1. The molecule has 0 unspecified atom stereocenters. The number of nitrogens with zero attached hydrogens (tertiary/aromatic N) is 2. The van der Waals surface area contributed by atoms with E-state index in [0.29, 0.717) is 21.6 Å². The van der Waals surface area contributed by atoms with E-state index in [4.69, 9.17) is 39.9 Å². The zero-order valence-electron chi connectivity index (χ0n) is 21.5. The first kappa shape index (κ1) is 26.0. The fourth-order valence-corrected chi connectivity index (χ4v) is 8.19. The zero-order valence-corrected chi connectivity index (χ0v) is 23.8. The van der Waals surface area contributed by atoms with Crippen molar-refractivity contribution in [2.45, 2.75) is 52.0 Å². The maximum absolute atomic E-state index is 12.7. The van der Waals surface area contributed by atoms with Gasteiger partial charge in [-0.3, -0.25) is 0 Å². The average molecular weight is 572 g/mol. The number of aromatic nitrogens is 2. The Morgan fingerprint density at radius 3 is 2.24 bits per heavy atom. The Labute approximate surface area is 239 Å². The fourth-order valence-electron chi connectivity index (χ4n) is 7.57. The third-order valence-electron chi connectivity index (χ3n) is 9.08. The lowest BCUT2D eigenvalue weighted by atomic mass is 9.51. The van der Waals surface area contributed by atoms with E-state index in [9.17, 15) is 4.79 Å². The number of carbonyl (C=O) groups excluding carboxylic acids is 1. The summed E-state index contributed by atoms with van der Waals surface area (Å²) < 4.78 is 1.82. The topological polar surface area (TPSA) is 59.0 Å². The molecule has 200 valence electrons.